The Morgan fingerprint density at radius 1 is 1.44 bits per heavy atom. The highest BCUT2D eigenvalue weighted by Gasteiger charge is 2.03. The summed E-state index contributed by atoms with van der Waals surface area (Å²) in [5.74, 6) is 1.02. The van der Waals surface area contributed by atoms with E-state index in [9.17, 15) is 0 Å². The molecule has 4 N–H and O–H groups in total. The largest absolute Gasteiger partial charge is 0.492 e. The van der Waals surface area contributed by atoms with Gasteiger partial charge < -0.3 is 16.2 Å². The van der Waals surface area contributed by atoms with E-state index in [1.165, 1.54) is 6.21 Å². The molecule has 1 rings (SSSR count). The minimum atomic E-state index is -0.0887. The molecule has 0 spiro atoms. The van der Waals surface area contributed by atoms with Crippen LogP contribution in [0, 0.1) is 5.92 Å². The Morgan fingerprint density at radius 2 is 2.17 bits per heavy atom. The van der Waals surface area contributed by atoms with E-state index in [4.69, 9.17) is 27.8 Å². The summed E-state index contributed by atoms with van der Waals surface area (Å²) in [5, 5.41) is 7.73. The van der Waals surface area contributed by atoms with Gasteiger partial charge in [-0.05, 0) is 29.7 Å². The van der Waals surface area contributed by atoms with E-state index < -0.39 is 0 Å². The Morgan fingerprint density at radius 3 is 2.72 bits per heavy atom. The topological polar surface area (TPSA) is 86.0 Å². The molecule has 0 radical (unpaired) electrons. The van der Waals surface area contributed by atoms with Gasteiger partial charge in [-0.1, -0.05) is 25.4 Å². The number of ether oxygens (including phenoxy) is 1. The Kier molecular flexibility index (Phi) is 5.45. The lowest BCUT2D eigenvalue weighted by molar-refractivity contribution is 0.271. The second kappa shape index (κ2) is 6.86. The van der Waals surface area contributed by atoms with Crippen molar-refractivity contribution in [1.29, 1.82) is 0 Å². The van der Waals surface area contributed by atoms with Crippen LogP contribution in [0.25, 0.3) is 0 Å². The van der Waals surface area contributed by atoms with Crippen molar-refractivity contribution in [3.05, 3.63) is 28.8 Å². The molecule has 0 aliphatic carbocycles. The fourth-order valence-corrected chi connectivity index (χ4v) is 1.38. The van der Waals surface area contributed by atoms with Crippen molar-refractivity contribution < 1.29 is 4.74 Å². The van der Waals surface area contributed by atoms with Crippen LogP contribution in [0.4, 0.5) is 0 Å². The quantitative estimate of drug-likeness (QED) is 0.486. The van der Waals surface area contributed by atoms with Gasteiger partial charge in [0.2, 0.25) is 5.96 Å². The highest BCUT2D eigenvalue weighted by atomic mass is 35.5. The first-order valence-electron chi connectivity index (χ1n) is 5.53. The van der Waals surface area contributed by atoms with Crippen molar-refractivity contribution in [2.24, 2.45) is 27.6 Å². The highest BCUT2D eigenvalue weighted by Crippen LogP contribution is 2.25. The summed E-state index contributed by atoms with van der Waals surface area (Å²) < 4.78 is 5.55. The van der Waals surface area contributed by atoms with Crippen molar-refractivity contribution >= 4 is 23.8 Å². The predicted molar refractivity (Wildman–Crippen MR) is 75.2 cm³/mol. The van der Waals surface area contributed by atoms with Gasteiger partial charge in [-0.25, -0.2) is 0 Å². The van der Waals surface area contributed by atoms with Crippen molar-refractivity contribution in [2.45, 2.75) is 13.8 Å². The zero-order valence-corrected chi connectivity index (χ0v) is 11.2. The maximum atomic E-state index is 6.08. The minimum absolute atomic E-state index is 0.0887. The van der Waals surface area contributed by atoms with Gasteiger partial charge >= 0.3 is 0 Å². The van der Waals surface area contributed by atoms with Gasteiger partial charge in [-0.15, -0.1) is 5.10 Å². The van der Waals surface area contributed by atoms with Crippen LogP contribution in [-0.4, -0.2) is 18.8 Å². The van der Waals surface area contributed by atoms with Gasteiger partial charge in [-0.2, -0.15) is 5.10 Å². The number of hydrogen-bond donors (Lipinski definition) is 2. The number of hydrogen-bond acceptors (Lipinski definition) is 3. The van der Waals surface area contributed by atoms with E-state index >= 15 is 0 Å². The molecular weight excluding hydrogens is 252 g/mol. The summed E-state index contributed by atoms with van der Waals surface area (Å²) in [4.78, 5) is 0. The average Bonchev–Trinajstić information content (AvgIpc) is 2.27. The molecule has 0 heterocycles. The van der Waals surface area contributed by atoms with E-state index in [1.807, 2.05) is 6.07 Å². The number of nitrogens with zero attached hydrogens (tertiary/aromatic N) is 2. The van der Waals surface area contributed by atoms with Gasteiger partial charge in [0.25, 0.3) is 0 Å². The molecule has 18 heavy (non-hydrogen) atoms. The molecule has 0 unspecified atom stereocenters. The SMILES string of the molecule is CC(C)COc1ccc(/C=N/N=C(N)N)cc1Cl. The van der Waals surface area contributed by atoms with Crippen LogP contribution in [0.2, 0.25) is 5.02 Å². The van der Waals surface area contributed by atoms with Crippen LogP contribution in [0.15, 0.2) is 28.4 Å². The van der Waals surface area contributed by atoms with Crippen LogP contribution in [0.5, 0.6) is 5.75 Å². The molecule has 1 aromatic rings. The molecule has 0 atom stereocenters. The summed E-state index contributed by atoms with van der Waals surface area (Å²) in [6.45, 7) is 4.77. The fourth-order valence-electron chi connectivity index (χ4n) is 1.13. The van der Waals surface area contributed by atoms with Gasteiger partial charge in [0.15, 0.2) is 0 Å². The van der Waals surface area contributed by atoms with Gasteiger partial charge in [0.05, 0.1) is 17.8 Å². The number of halogens is 1. The molecule has 0 fully saturated rings. The van der Waals surface area contributed by atoms with E-state index in [-0.39, 0.29) is 5.96 Å². The Bertz CT molecular complexity index is 453. The van der Waals surface area contributed by atoms with E-state index in [1.54, 1.807) is 12.1 Å². The van der Waals surface area contributed by atoms with E-state index in [0.29, 0.717) is 23.3 Å². The number of rotatable bonds is 5. The molecule has 0 amide bonds. The maximum absolute atomic E-state index is 6.08. The second-order valence-electron chi connectivity index (χ2n) is 4.16. The number of guanidine groups is 1. The molecule has 0 saturated heterocycles. The minimum Gasteiger partial charge on any atom is -0.492 e. The highest BCUT2D eigenvalue weighted by molar-refractivity contribution is 6.32. The average molecular weight is 269 g/mol. The Hall–Kier alpha value is -1.75. The number of benzene rings is 1. The molecule has 5 nitrogen and oxygen atoms in total. The lowest BCUT2D eigenvalue weighted by atomic mass is 10.2. The number of nitrogens with two attached hydrogens (primary N) is 2. The molecule has 1 aromatic carbocycles. The molecule has 0 bridgehead atoms. The van der Waals surface area contributed by atoms with Crippen LogP contribution < -0.4 is 16.2 Å². The third kappa shape index (κ3) is 5.05. The van der Waals surface area contributed by atoms with Crippen molar-refractivity contribution in [3.8, 4) is 5.75 Å². The fraction of sp³-hybridized carbons (Fsp3) is 0.333. The molecule has 6 heteroatoms. The normalized spacial score (nSPS) is 10.9. The summed E-state index contributed by atoms with van der Waals surface area (Å²) in [7, 11) is 0. The third-order valence-electron chi connectivity index (χ3n) is 1.91. The predicted octanol–water partition coefficient (Wildman–Crippen LogP) is 1.98. The third-order valence-corrected chi connectivity index (χ3v) is 2.20. The summed E-state index contributed by atoms with van der Waals surface area (Å²) in [6, 6.07) is 5.36. The van der Waals surface area contributed by atoms with Crippen LogP contribution in [-0.2, 0) is 0 Å². The second-order valence-corrected chi connectivity index (χ2v) is 4.57. The monoisotopic (exact) mass is 268 g/mol. The molecule has 98 valence electrons. The van der Waals surface area contributed by atoms with Gasteiger partial charge in [-0.3, -0.25) is 0 Å². The first kappa shape index (κ1) is 14.3. The molecular formula is C12H17ClN4O. The van der Waals surface area contributed by atoms with Crippen molar-refractivity contribution in [3.63, 3.8) is 0 Å². The first-order chi connectivity index (χ1) is 8.49. The molecule has 0 aliphatic rings. The lowest BCUT2D eigenvalue weighted by Gasteiger charge is -2.10. The van der Waals surface area contributed by atoms with E-state index in [2.05, 4.69) is 24.1 Å². The maximum Gasteiger partial charge on any atom is 0.211 e. The standard InChI is InChI=1S/C12H17ClN4O/c1-8(2)7-18-11-4-3-9(5-10(11)13)6-16-17-12(14)15/h3-6,8H,7H2,1-2H3,(H4,14,15,17)/b16-6+. The Labute approximate surface area is 111 Å². The summed E-state index contributed by atoms with van der Waals surface area (Å²) >= 11 is 6.08. The van der Waals surface area contributed by atoms with Gasteiger partial charge in [0.1, 0.15) is 5.75 Å². The van der Waals surface area contributed by atoms with Crippen LogP contribution >= 0.6 is 11.6 Å². The smallest absolute Gasteiger partial charge is 0.211 e. The van der Waals surface area contributed by atoms with Crippen molar-refractivity contribution in [1.82, 2.24) is 0 Å². The first-order valence-corrected chi connectivity index (χ1v) is 5.91. The summed E-state index contributed by atoms with van der Waals surface area (Å²) in [6.07, 6.45) is 1.51. The zero-order chi connectivity index (χ0) is 13.5. The van der Waals surface area contributed by atoms with Crippen LogP contribution in [0.3, 0.4) is 0 Å². The lowest BCUT2D eigenvalue weighted by Crippen LogP contribution is -2.21. The molecule has 0 aliphatic heterocycles. The van der Waals surface area contributed by atoms with Gasteiger partial charge in [0, 0.05) is 0 Å². The van der Waals surface area contributed by atoms with Crippen LogP contribution in [0.1, 0.15) is 19.4 Å². The van der Waals surface area contributed by atoms with E-state index in [0.717, 1.165) is 5.56 Å². The summed E-state index contributed by atoms with van der Waals surface area (Å²) in [5.41, 5.74) is 11.1. The molecule has 0 aromatic heterocycles. The van der Waals surface area contributed by atoms with Crippen molar-refractivity contribution in [2.75, 3.05) is 6.61 Å². The Balaban J connectivity index is 2.73. The zero-order valence-electron chi connectivity index (χ0n) is 10.4. The molecule has 0 saturated carbocycles.